The molecule has 1 N–H and O–H groups in total. The van der Waals surface area contributed by atoms with Crippen molar-refractivity contribution in [2.75, 3.05) is 0 Å². The first kappa shape index (κ1) is 11.4. The standard InChI is InChI=1S/C12H12N6O/c1-17-6-4-14-11(17)12(19)15-7-9-8-16-18-5-2-3-13-10(9)18/h2-6,8H,7H2,1H3,(H,15,19). The number of aryl methyl sites for hydroxylation is 1. The summed E-state index contributed by atoms with van der Waals surface area (Å²) in [6, 6.07) is 1.80. The summed E-state index contributed by atoms with van der Waals surface area (Å²) < 4.78 is 3.34. The second kappa shape index (κ2) is 4.52. The SMILES string of the molecule is Cn1ccnc1C(=O)NCc1cnn2cccnc12. The van der Waals surface area contributed by atoms with Gasteiger partial charge in [-0.3, -0.25) is 4.79 Å². The molecule has 0 aliphatic carbocycles. The summed E-state index contributed by atoms with van der Waals surface area (Å²) in [7, 11) is 1.78. The summed E-state index contributed by atoms with van der Waals surface area (Å²) in [6.45, 7) is 0.367. The number of hydrogen-bond acceptors (Lipinski definition) is 4. The summed E-state index contributed by atoms with van der Waals surface area (Å²) in [6.07, 6.45) is 8.52. The molecule has 0 saturated heterocycles. The van der Waals surface area contributed by atoms with E-state index in [9.17, 15) is 4.79 Å². The normalized spacial score (nSPS) is 10.8. The first-order valence-electron chi connectivity index (χ1n) is 5.78. The summed E-state index contributed by atoms with van der Waals surface area (Å²) in [5.41, 5.74) is 1.60. The van der Waals surface area contributed by atoms with Crippen LogP contribution < -0.4 is 5.32 Å². The Labute approximate surface area is 108 Å². The van der Waals surface area contributed by atoms with E-state index < -0.39 is 0 Å². The van der Waals surface area contributed by atoms with Crippen LogP contribution in [0.5, 0.6) is 0 Å². The summed E-state index contributed by atoms with van der Waals surface area (Å²) in [5.74, 6) is 0.159. The van der Waals surface area contributed by atoms with E-state index in [1.165, 1.54) is 0 Å². The maximum absolute atomic E-state index is 11.9. The zero-order valence-electron chi connectivity index (χ0n) is 10.3. The molecule has 3 aromatic rings. The Bertz CT molecular complexity index is 728. The van der Waals surface area contributed by atoms with Crippen molar-refractivity contribution in [2.45, 2.75) is 6.54 Å². The second-order valence-electron chi connectivity index (χ2n) is 4.10. The average molecular weight is 256 g/mol. The van der Waals surface area contributed by atoms with Crippen molar-refractivity contribution in [3.8, 4) is 0 Å². The van der Waals surface area contributed by atoms with Gasteiger partial charge < -0.3 is 9.88 Å². The van der Waals surface area contributed by atoms with Gasteiger partial charge >= 0.3 is 0 Å². The largest absolute Gasteiger partial charge is 0.345 e. The molecule has 7 heteroatoms. The molecule has 19 heavy (non-hydrogen) atoms. The third-order valence-corrected chi connectivity index (χ3v) is 2.82. The van der Waals surface area contributed by atoms with E-state index in [-0.39, 0.29) is 5.91 Å². The lowest BCUT2D eigenvalue weighted by Crippen LogP contribution is -2.25. The molecule has 0 radical (unpaired) electrons. The molecule has 3 aromatic heterocycles. The fourth-order valence-corrected chi connectivity index (χ4v) is 1.84. The topological polar surface area (TPSA) is 77.1 Å². The lowest BCUT2D eigenvalue weighted by Gasteiger charge is -2.03. The number of carbonyl (C=O) groups excluding carboxylic acids is 1. The van der Waals surface area contributed by atoms with Crippen LogP contribution in [0.3, 0.4) is 0 Å². The van der Waals surface area contributed by atoms with Crippen molar-refractivity contribution in [1.29, 1.82) is 0 Å². The number of carbonyl (C=O) groups is 1. The van der Waals surface area contributed by atoms with Crippen LogP contribution in [0, 0.1) is 0 Å². The van der Waals surface area contributed by atoms with Crippen LogP contribution in [0.15, 0.2) is 37.1 Å². The van der Waals surface area contributed by atoms with Gasteiger partial charge in [0.05, 0.1) is 6.20 Å². The third-order valence-electron chi connectivity index (χ3n) is 2.82. The lowest BCUT2D eigenvalue weighted by atomic mass is 10.3. The van der Waals surface area contributed by atoms with Crippen molar-refractivity contribution in [1.82, 2.24) is 29.5 Å². The summed E-state index contributed by atoms with van der Waals surface area (Å²) in [5, 5.41) is 6.96. The number of rotatable bonds is 3. The number of nitrogens with one attached hydrogen (secondary N) is 1. The molecule has 0 atom stereocenters. The quantitative estimate of drug-likeness (QED) is 0.735. The average Bonchev–Trinajstić information content (AvgIpc) is 3.02. The zero-order valence-corrected chi connectivity index (χ0v) is 10.3. The summed E-state index contributed by atoms with van der Waals surface area (Å²) in [4.78, 5) is 20.1. The lowest BCUT2D eigenvalue weighted by molar-refractivity contribution is 0.0937. The van der Waals surface area contributed by atoms with Gasteiger partial charge in [0.2, 0.25) is 0 Å². The Morgan fingerprint density at radius 3 is 3.00 bits per heavy atom. The molecule has 3 heterocycles. The highest BCUT2D eigenvalue weighted by Gasteiger charge is 2.11. The van der Waals surface area contributed by atoms with Crippen LogP contribution in [-0.2, 0) is 13.6 Å². The Morgan fingerprint density at radius 2 is 2.21 bits per heavy atom. The molecule has 0 spiro atoms. The molecule has 0 bridgehead atoms. The van der Waals surface area contributed by atoms with Crippen molar-refractivity contribution in [3.05, 3.63) is 48.4 Å². The number of aromatic nitrogens is 5. The van der Waals surface area contributed by atoms with Gasteiger partial charge in [-0.1, -0.05) is 0 Å². The molecule has 1 amide bonds. The van der Waals surface area contributed by atoms with E-state index in [0.717, 1.165) is 11.2 Å². The molecule has 0 aliphatic heterocycles. The molecular formula is C12H12N6O. The van der Waals surface area contributed by atoms with Crippen LogP contribution >= 0.6 is 0 Å². The maximum Gasteiger partial charge on any atom is 0.287 e. The van der Waals surface area contributed by atoms with E-state index in [1.807, 2.05) is 6.20 Å². The minimum Gasteiger partial charge on any atom is -0.345 e. The number of fused-ring (bicyclic) bond motifs is 1. The first-order valence-corrected chi connectivity index (χ1v) is 5.78. The van der Waals surface area contributed by atoms with Crippen LogP contribution in [0.4, 0.5) is 0 Å². The second-order valence-corrected chi connectivity index (χ2v) is 4.10. The van der Waals surface area contributed by atoms with Gasteiger partial charge in [0, 0.05) is 43.9 Å². The van der Waals surface area contributed by atoms with E-state index in [2.05, 4.69) is 20.4 Å². The van der Waals surface area contributed by atoms with Crippen molar-refractivity contribution in [2.24, 2.45) is 7.05 Å². The van der Waals surface area contributed by atoms with Gasteiger partial charge in [-0.15, -0.1) is 0 Å². The number of hydrogen-bond donors (Lipinski definition) is 1. The highest BCUT2D eigenvalue weighted by molar-refractivity contribution is 5.90. The van der Waals surface area contributed by atoms with Crippen molar-refractivity contribution >= 4 is 11.6 Å². The Kier molecular flexibility index (Phi) is 2.71. The molecule has 0 aromatic carbocycles. The number of nitrogens with zero attached hydrogens (tertiary/aromatic N) is 5. The minimum atomic E-state index is -0.220. The molecule has 0 saturated carbocycles. The molecule has 96 valence electrons. The highest BCUT2D eigenvalue weighted by Crippen LogP contribution is 2.06. The van der Waals surface area contributed by atoms with Gasteiger partial charge in [0.1, 0.15) is 0 Å². The van der Waals surface area contributed by atoms with Crippen LogP contribution in [0.1, 0.15) is 16.2 Å². The van der Waals surface area contributed by atoms with Gasteiger partial charge in [-0.05, 0) is 6.07 Å². The molecule has 0 unspecified atom stereocenters. The van der Waals surface area contributed by atoms with Crippen molar-refractivity contribution < 1.29 is 4.79 Å². The van der Waals surface area contributed by atoms with E-state index >= 15 is 0 Å². The van der Waals surface area contributed by atoms with Gasteiger partial charge in [0.15, 0.2) is 11.5 Å². The monoisotopic (exact) mass is 256 g/mol. The Balaban J connectivity index is 1.76. The van der Waals surface area contributed by atoms with E-state index in [4.69, 9.17) is 0 Å². The fraction of sp³-hybridized carbons (Fsp3) is 0.167. The molecule has 3 rings (SSSR count). The van der Waals surface area contributed by atoms with E-state index in [0.29, 0.717) is 12.4 Å². The van der Waals surface area contributed by atoms with Gasteiger partial charge in [0.25, 0.3) is 5.91 Å². The Hall–Kier alpha value is -2.70. The van der Waals surface area contributed by atoms with Crippen molar-refractivity contribution in [3.63, 3.8) is 0 Å². The van der Waals surface area contributed by atoms with Crippen LogP contribution in [-0.4, -0.2) is 30.1 Å². The molecule has 7 nitrogen and oxygen atoms in total. The molecule has 0 aliphatic rings. The number of amides is 1. The van der Waals surface area contributed by atoms with Gasteiger partial charge in [-0.25, -0.2) is 14.5 Å². The predicted molar refractivity (Wildman–Crippen MR) is 67.4 cm³/mol. The third kappa shape index (κ3) is 2.05. The fourth-order valence-electron chi connectivity index (χ4n) is 1.84. The van der Waals surface area contributed by atoms with E-state index in [1.54, 1.807) is 47.0 Å². The Morgan fingerprint density at radius 1 is 1.32 bits per heavy atom. The first-order chi connectivity index (χ1) is 9.25. The van der Waals surface area contributed by atoms with Crippen LogP contribution in [0.25, 0.3) is 5.65 Å². The van der Waals surface area contributed by atoms with Crippen LogP contribution in [0.2, 0.25) is 0 Å². The number of imidazole rings is 1. The summed E-state index contributed by atoms with van der Waals surface area (Å²) >= 11 is 0. The zero-order chi connectivity index (χ0) is 13.2. The maximum atomic E-state index is 11.9. The predicted octanol–water partition coefficient (Wildman–Crippen LogP) is 0.393. The van der Waals surface area contributed by atoms with Gasteiger partial charge in [-0.2, -0.15) is 5.10 Å². The molecule has 0 fully saturated rings. The molecular weight excluding hydrogens is 244 g/mol. The minimum absolute atomic E-state index is 0.220. The highest BCUT2D eigenvalue weighted by atomic mass is 16.2. The smallest absolute Gasteiger partial charge is 0.287 e.